The van der Waals surface area contributed by atoms with E-state index in [9.17, 15) is 13.5 Å². The summed E-state index contributed by atoms with van der Waals surface area (Å²) >= 11 is 5.99. The van der Waals surface area contributed by atoms with Crippen molar-refractivity contribution < 1.29 is 13.5 Å². The SMILES string of the molecule is CC(C)CN(c1cccc(Cl)c1)S(=O)(=O)c1ccc(O)cc1. The fourth-order valence-electron chi connectivity index (χ4n) is 2.05. The highest BCUT2D eigenvalue weighted by molar-refractivity contribution is 7.92. The first-order chi connectivity index (χ1) is 10.3. The van der Waals surface area contributed by atoms with Gasteiger partial charge in [-0.3, -0.25) is 4.31 Å². The van der Waals surface area contributed by atoms with E-state index in [1.54, 1.807) is 24.3 Å². The summed E-state index contributed by atoms with van der Waals surface area (Å²) in [5.41, 5.74) is 0.522. The molecule has 0 atom stereocenters. The number of nitrogens with zero attached hydrogens (tertiary/aromatic N) is 1. The second-order valence-corrected chi connectivity index (χ2v) is 7.70. The van der Waals surface area contributed by atoms with E-state index in [2.05, 4.69) is 0 Å². The van der Waals surface area contributed by atoms with Crippen LogP contribution in [0.4, 0.5) is 5.69 Å². The molecule has 0 unspecified atom stereocenters. The van der Waals surface area contributed by atoms with Crippen LogP contribution in [0.1, 0.15) is 13.8 Å². The zero-order valence-corrected chi connectivity index (χ0v) is 14.0. The van der Waals surface area contributed by atoms with Crippen molar-refractivity contribution in [2.45, 2.75) is 18.7 Å². The fraction of sp³-hybridized carbons (Fsp3) is 0.250. The van der Waals surface area contributed by atoms with Crippen molar-refractivity contribution in [2.24, 2.45) is 5.92 Å². The Labute approximate surface area is 136 Å². The molecule has 0 bridgehead atoms. The summed E-state index contributed by atoms with van der Waals surface area (Å²) in [5.74, 6) is 0.169. The summed E-state index contributed by atoms with van der Waals surface area (Å²) in [6, 6.07) is 12.3. The van der Waals surface area contributed by atoms with Crippen molar-refractivity contribution in [1.29, 1.82) is 0 Å². The van der Waals surface area contributed by atoms with E-state index < -0.39 is 10.0 Å². The molecule has 0 amide bonds. The number of hydrogen-bond acceptors (Lipinski definition) is 3. The van der Waals surface area contributed by atoms with E-state index in [4.69, 9.17) is 11.6 Å². The first kappa shape index (κ1) is 16.6. The fourth-order valence-corrected chi connectivity index (χ4v) is 3.86. The van der Waals surface area contributed by atoms with Gasteiger partial charge in [-0.15, -0.1) is 0 Å². The zero-order chi connectivity index (χ0) is 16.3. The lowest BCUT2D eigenvalue weighted by molar-refractivity contribution is 0.474. The highest BCUT2D eigenvalue weighted by Crippen LogP contribution is 2.27. The Bertz CT molecular complexity index is 742. The van der Waals surface area contributed by atoms with E-state index in [0.717, 1.165) is 0 Å². The minimum Gasteiger partial charge on any atom is -0.508 e. The average Bonchev–Trinajstić information content (AvgIpc) is 2.45. The van der Waals surface area contributed by atoms with Crippen LogP contribution in [-0.2, 0) is 10.0 Å². The number of aromatic hydroxyl groups is 1. The van der Waals surface area contributed by atoms with Crippen LogP contribution in [0, 0.1) is 5.92 Å². The van der Waals surface area contributed by atoms with Gasteiger partial charge < -0.3 is 5.11 Å². The molecule has 1 N–H and O–H groups in total. The van der Waals surface area contributed by atoms with E-state index in [-0.39, 0.29) is 16.6 Å². The van der Waals surface area contributed by atoms with Gasteiger partial charge in [-0.1, -0.05) is 31.5 Å². The molecule has 0 radical (unpaired) electrons. The van der Waals surface area contributed by atoms with Gasteiger partial charge in [-0.05, 0) is 48.4 Å². The third kappa shape index (κ3) is 3.72. The van der Waals surface area contributed by atoms with Gasteiger partial charge in [0.15, 0.2) is 0 Å². The van der Waals surface area contributed by atoms with Crippen LogP contribution in [0.25, 0.3) is 0 Å². The van der Waals surface area contributed by atoms with Crippen molar-refractivity contribution in [3.63, 3.8) is 0 Å². The maximum absolute atomic E-state index is 12.9. The molecule has 2 rings (SSSR count). The molecule has 2 aromatic rings. The highest BCUT2D eigenvalue weighted by Gasteiger charge is 2.25. The van der Waals surface area contributed by atoms with Crippen LogP contribution in [0.5, 0.6) is 5.75 Å². The maximum Gasteiger partial charge on any atom is 0.264 e. The molecule has 0 aliphatic rings. The summed E-state index contributed by atoms with van der Waals surface area (Å²) in [4.78, 5) is 0.130. The number of anilines is 1. The summed E-state index contributed by atoms with van der Waals surface area (Å²) in [5, 5.41) is 9.81. The molecule has 4 nitrogen and oxygen atoms in total. The topological polar surface area (TPSA) is 57.6 Å². The quantitative estimate of drug-likeness (QED) is 0.898. The van der Waals surface area contributed by atoms with Gasteiger partial charge in [-0.2, -0.15) is 0 Å². The monoisotopic (exact) mass is 339 g/mol. The summed E-state index contributed by atoms with van der Waals surface area (Å²) in [6.07, 6.45) is 0. The van der Waals surface area contributed by atoms with Gasteiger partial charge >= 0.3 is 0 Å². The molecule has 0 saturated carbocycles. The largest absolute Gasteiger partial charge is 0.508 e. The molecule has 118 valence electrons. The summed E-state index contributed by atoms with van der Waals surface area (Å²) in [6.45, 7) is 4.23. The molecule has 0 heterocycles. The van der Waals surface area contributed by atoms with Crippen LogP contribution < -0.4 is 4.31 Å². The Morgan fingerprint density at radius 1 is 1.14 bits per heavy atom. The third-order valence-corrected chi connectivity index (χ3v) is 5.10. The Balaban J connectivity index is 2.50. The molecular formula is C16H18ClNO3S. The molecule has 0 aliphatic heterocycles. The van der Waals surface area contributed by atoms with Crippen LogP contribution in [0.15, 0.2) is 53.4 Å². The summed E-state index contributed by atoms with van der Waals surface area (Å²) in [7, 11) is -3.72. The second kappa shape index (κ2) is 6.58. The van der Waals surface area contributed by atoms with Crippen molar-refractivity contribution in [2.75, 3.05) is 10.8 Å². The molecule has 2 aromatic carbocycles. The highest BCUT2D eigenvalue weighted by atomic mass is 35.5. The van der Waals surface area contributed by atoms with Crippen LogP contribution in [-0.4, -0.2) is 20.1 Å². The second-order valence-electron chi connectivity index (χ2n) is 5.40. The van der Waals surface area contributed by atoms with Crippen LogP contribution in [0.2, 0.25) is 5.02 Å². The number of rotatable bonds is 5. The number of sulfonamides is 1. The molecule has 6 heteroatoms. The van der Waals surface area contributed by atoms with Gasteiger partial charge in [-0.25, -0.2) is 8.42 Å². The lowest BCUT2D eigenvalue weighted by Crippen LogP contribution is -2.34. The van der Waals surface area contributed by atoms with Crippen LogP contribution in [0.3, 0.4) is 0 Å². The van der Waals surface area contributed by atoms with Crippen molar-refractivity contribution >= 4 is 27.3 Å². The smallest absolute Gasteiger partial charge is 0.264 e. The van der Waals surface area contributed by atoms with Crippen LogP contribution >= 0.6 is 11.6 Å². The lowest BCUT2D eigenvalue weighted by Gasteiger charge is -2.26. The first-order valence-electron chi connectivity index (χ1n) is 6.88. The van der Waals surface area contributed by atoms with Gasteiger partial charge in [0.25, 0.3) is 10.0 Å². The zero-order valence-electron chi connectivity index (χ0n) is 12.4. The van der Waals surface area contributed by atoms with Gasteiger partial charge in [0.05, 0.1) is 10.6 Å². The third-order valence-electron chi connectivity index (χ3n) is 3.05. The first-order valence-corrected chi connectivity index (χ1v) is 8.70. The van der Waals surface area contributed by atoms with Crippen molar-refractivity contribution in [3.05, 3.63) is 53.6 Å². The van der Waals surface area contributed by atoms with Gasteiger partial charge in [0, 0.05) is 11.6 Å². The number of phenols is 1. The van der Waals surface area contributed by atoms with Crippen molar-refractivity contribution in [1.82, 2.24) is 0 Å². The standard InChI is InChI=1S/C16H18ClNO3S/c1-12(2)11-18(14-5-3-4-13(17)10-14)22(20,21)16-8-6-15(19)7-9-16/h3-10,12,19H,11H2,1-2H3. The minimum atomic E-state index is -3.72. The molecule has 22 heavy (non-hydrogen) atoms. The van der Waals surface area contributed by atoms with E-state index in [1.807, 2.05) is 13.8 Å². The lowest BCUT2D eigenvalue weighted by atomic mass is 10.2. The normalized spacial score (nSPS) is 11.6. The maximum atomic E-state index is 12.9. The predicted octanol–water partition coefficient (Wildman–Crippen LogP) is 3.90. The Morgan fingerprint density at radius 2 is 1.77 bits per heavy atom. The van der Waals surface area contributed by atoms with Crippen molar-refractivity contribution in [3.8, 4) is 5.75 Å². The van der Waals surface area contributed by atoms with Gasteiger partial charge in [0.1, 0.15) is 5.75 Å². The molecule has 0 saturated heterocycles. The number of hydrogen-bond donors (Lipinski definition) is 1. The average molecular weight is 340 g/mol. The number of halogens is 1. The Hall–Kier alpha value is -1.72. The molecule has 0 fully saturated rings. The number of phenolic OH excluding ortho intramolecular Hbond substituents is 1. The van der Waals surface area contributed by atoms with E-state index in [0.29, 0.717) is 17.3 Å². The number of benzene rings is 2. The summed E-state index contributed by atoms with van der Waals surface area (Å²) < 4.78 is 27.1. The molecule has 0 spiro atoms. The van der Waals surface area contributed by atoms with E-state index >= 15 is 0 Å². The molecular weight excluding hydrogens is 322 g/mol. The minimum absolute atomic E-state index is 0.0251. The molecule has 0 aromatic heterocycles. The van der Waals surface area contributed by atoms with E-state index in [1.165, 1.54) is 28.6 Å². The Kier molecular flexibility index (Phi) is 4.98. The predicted molar refractivity (Wildman–Crippen MR) is 88.9 cm³/mol. The van der Waals surface area contributed by atoms with Gasteiger partial charge in [0.2, 0.25) is 0 Å². The Morgan fingerprint density at radius 3 is 2.32 bits per heavy atom. The molecule has 0 aliphatic carbocycles.